The van der Waals surface area contributed by atoms with E-state index in [2.05, 4.69) is 43.4 Å². The van der Waals surface area contributed by atoms with E-state index in [4.69, 9.17) is 4.74 Å². The van der Waals surface area contributed by atoms with E-state index in [0.29, 0.717) is 6.04 Å². The van der Waals surface area contributed by atoms with Crippen LogP contribution in [0, 0.1) is 11.8 Å². The van der Waals surface area contributed by atoms with Gasteiger partial charge in [-0.25, -0.2) is 0 Å². The summed E-state index contributed by atoms with van der Waals surface area (Å²) in [6.45, 7) is 5.72. The predicted octanol–water partition coefficient (Wildman–Crippen LogP) is 4.17. The molecule has 2 nitrogen and oxygen atoms in total. The molecule has 1 aliphatic carbocycles. The van der Waals surface area contributed by atoms with Gasteiger partial charge in [0, 0.05) is 6.04 Å². The molecule has 0 amide bonds. The molecule has 1 aliphatic rings. The quantitative estimate of drug-likeness (QED) is 0.709. The van der Waals surface area contributed by atoms with Crippen molar-refractivity contribution >= 4 is 0 Å². The number of hydrogen-bond donors (Lipinski definition) is 1. The van der Waals surface area contributed by atoms with Gasteiger partial charge in [-0.05, 0) is 61.8 Å². The number of hydrogen-bond acceptors (Lipinski definition) is 2. The average molecular weight is 261 g/mol. The Bertz CT molecular complexity index is 367. The third kappa shape index (κ3) is 4.54. The van der Waals surface area contributed by atoms with Crippen molar-refractivity contribution in [2.75, 3.05) is 13.7 Å². The number of benzene rings is 1. The lowest BCUT2D eigenvalue weighted by Crippen LogP contribution is -2.24. The van der Waals surface area contributed by atoms with Gasteiger partial charge in [-0.15, -0.1) is 0 Å². The molecule has 1 saturated carbocycles. The lowest BCUT2D eigenvalue weighted by atomic mass is 10.0. The zero-order chi connectivity index (χ0) is 13.7. The van der Waals surface area contributed by atoms with Crippen molar-refractivity contribution in [3.05, 3.63) is 29.8 Å². The second-order valence-electron chi connectivity index (χ2n) is 6.08. The standard InChI is InChI=1S/C17H27NO/c1-13(2)5-4-12-18-17(14-6-7-14)15-8-10-16(19-3)11-9-15/h8-11,13-14,17-18H,4-7,12H2,1-3H3. The van der Waals surface area contributed by atoms with Crippen LogP contribution in [-0.4, -0.2) is 13.7 Å². The van der Waals surface area contributed by atoms with E-state index in [1.807, 2.05) is 0 Å². The van der Waals surface area contributed by atoms with Crippen LogP contribution in [0.5, 0.6) is 5.75 Å². The summed E-state index contributed by atoms with van der Waals surface area (Å²) in [4.78, 5) is 0. The maximum absolute atomic E-state index is 5.23. The molecule has 1 unspecified atom stereocenters. The summed E-state index contributed by atoms with van der Waals surface area (Å²) in [5.41, 5.74) is 1.41. The number of ether oxygens (including phenoxy) is 1. The summed E-state index contributed by atoms with van der Waals surface area (Å²) in [5.74, 6) is 2.59. The molecule has 0 radical (unpaired) electrons. The highest BCUT2D eigenvalue weighted by Gasteiger charge is 2.31. The van der Waals surface area contributed by atoms with Crippen LogP contribution in [0.25, 0.3) is 0 Å². The molecule has 1 aromatic rings. The molecule has 2 rings (SSSR count). The number of methoxy groups -OCH3 is 1. The minimum absolute atomic E-state index is 0.540. The van der Waals surface area contributed by atoms with Crippen molar-refractivity contribution in [2.24, 2.45) is 11.8 Å². The first-order chi connectivity index (χ1) is 9.20. The summed E-state index contributed by atoms with van der Waals surface area (Å²) in [6.07, 6.45) is 5.33. The molecule has 0 heterocycles. The predicted molar refractivity (Wildman–Crippen MR) is 80.5 cm³/mol. The van der Waals surface area contributed by atoms with Crippen LogP contribution in [0.4, 0.5) is 0 Å². The minimum Gasteiger partial charge on any atom is -0.497 e. The summed E-state index contributed by atoms with van der Waals surface area (Å²) in [6, 6.07) is 9.09. The SMILES string of the molecule is COc1ccc(C(NCCCC(C)C)C2CC2)cc1. The maximum Gasteiger partial charge on any atom is 0.118 e. The lowest BCUT2D eigenvalue weighted by Gasteiger charge is -2.19. The largest absolute Gasteiger partial charge is 0.497 e. The molecule has 1 N–H and O–H groups in total. The number of nitrogens with one attached hydrogen (secondary N) is 1. The minimum atomic E-state index is 0.540. The molecule has 19 heavy (non-hydrogen) atoms. The van der Waals surface area contributed by atoms with Crippen LogP contribution in [-0.2, 0) is 0 Å². The Morgan fingerprint density at radius 1 is 1.21 bits per heavy atom. The smallest absolute Gasteiger partial charge is 0.118 e. The zero-order valence-electron chi connectivity index (χ0n) is 12.5. The molecule has 0 aliphatic heterocycles. The van der Waals surface area contributed by atoms with Crippen molar-refractivity contribution in [3.63, 3.8) is 0 Å². The molecule has 1 atom stereocenters. The van der Waals surface area contributed by atoms with E-state index in [1.54, 1.807) is 7.11 Å². The van der Waals surface area contributed by atoms with Crippen LogP contribution in [0.3, 0.4) is 0 Å². The van der Waals surface area contributed by atoms with Gasteiger partial charge in [-0.3, -0.25) is 0 Å². The van der Waals surface area contributed by atoms with Gasteiger partial charge in [0.15, 0.2) is 0 Å². The highest BCUT2D eigenvalue weighted by molar-refractivity contribution is 5.30. The van der Waals surface area contributed by atoms with E-state index < -0.39 is 0 Å². The third-order valence-electron chi connectivity index (χ3n) is 3.89. The van der Waals surface area contributed by atoms with Crippen LogP contribution in [0.1, 0.15) is 51.1 Å². The molecule has 1 fully saturated rings. The fraction of sp³-hybridized carbons (Fsp3) is 0.647. The van der Waals surface area contributed by atoms with Gasteiger partial charge in [0.05, 0.1) is 7.11 Å². The van der Waals surface area contributed by atoms with Gasteiger partial charge in [0.1, 0.15) is 5.75 Å². The molecule has 106 valence electrons. The molecular weight excluding hydrogens is 234 g/mol. The number of rotatable bonds is 8. The van der Waals surface area contributed by atoms with Gasteiger partial charge in [0.25, 0.3) is 0 Å². The third-order valence-corrected chi connectivity index (χ3v) is 3.89. The van der Waals surface area contributed by atoms with Crippen LogP contribution in [0.2, 0.25) is 0 Å². The van der Waals surface area contributed by atoms with Gasteiger partial charge in [0.2, 0.25) is 0 Å². The summed E-state index contributed by atoms with van der Waals surface area (Å²) in [7, 11) is 1.72. The van der Waals surface area contributed by atoms with E-state index in [1.165, 1.54) is 31.2 Å². The van der Waals surface area contributed by atoms with Crippen molar-refractivity contribution in [3.8, 4) is 5.75 Å². The van der Waals surface area contributed by atoms with Crippen molar-refractivity contribution in [2.45, 2.75) is 45.6 Å². The monoisotopic (exact) mass is 261 g/mol. The molecule has 2 heteroatoms. The Labute approximate surface area is 117 Å². The summed E-state index contributed by atoms with van der Waals surface area (Å²) < 4.78 is 5.23. The summed E-state index contributed by atoms with van der Waals surface area (Å²) >= 11 is 0. The van der Waals surface area contributed by atoms with Crippen LogP contribution >= 0.6 is 0 Å². The molecule has 1 aromatic carbocycles. The fourth-order valence-electron chi connectivity index (χ4n) is 2.57. The Balaban J connectivity index is 1.88. The first-order valence-corrected chi connectivity index (χ1v) is 7.58. The van der Waals surface area contributed by atoms with Crippen LogP contribution in [0.15, 0.2) is 24.3 Å². The Morgan fingerprint density at radius 2 is 1.89 bits per heavy atom. The highest BCUT2D eigenvalue weighted by Crippen LogP contribution is 2.41. The maximum atomic E-state index is 5.23. The fourth-order valence-corrected chi connectivity index (χ4v) is 2.57. The second-order valence-corrected chi connectivity index (χ2v) is 6.08. The zero-order valence-corrected chi connectivity index (χ0v) is 12.5. The van der Waals surface area contributed by atoms with E-state index in [0.717, 1.165) is 24.1 Å². The van der Waals surface area contributed by atoms with Crippen molar-refractivity contribution in [1.82, 2.24) is 5.32 Å². The first-order valence-electron chi connectivity index (χ1n) is 7.58. The van der Waals surface area contributed by atoms with Gasteiger partial charge in [-0.2, -0.15) is 0 Å². The molecule has 0 aromatic heterocycles. The molecule has 0 saturated heterocycles. The molecule has 0 spiro atoms. The van der Waals surface area contributed by atoms with Gasteiger partial charge < -0.3 is 10.1 Å². The van der Waals surface area contributed by atoms with E-state index in [-0.39, 0.29) is 0 Å². The summed E-state index contributed by atoms with van der Waals surface area (Å²) in [5, 5.41) is 3.75. The van der Waals surface area contributed by atoms with E-state index >= 15 is 0 Å². The van der Waals surface area contributed by atoms with E-state index in [9.17, 15) is 0 Å². The Morgan fingerprint density at radius 3 is 2.42 bits per heavy atom. The van der Waals surface area contributed by atoms with Gasteiger partial charge in [-0.1, -0.05) is 26.0 Å². The lowest BCUT2D eigenvalue weighted by molar-refractivity contribution is 0.413. The first kappa shape index (κ1) is 14.4. The normalized spacial score (nSPS) is 16.6. The Kier molecular flexibility index (Phi) is 5.26. The highest BCUT2D eigenvalue weighted by atomic mass is 16.5. The average Bonchev–Trinajstić information content (AvgIpc) is 3.23. The van der Waals surface area contributed by atoms with Crippen molar-refractivity contribution in [1.29, 1.82) is 0 Å². The topological polar surface area (TPSA) is 21.3 Å². The second kappa shape index (κ2) is 6.95. The Hall–Kier alpha value is -1.02. The molecule has 0 bridgehead atoms. The van der Waals surface area contributed by atoms with Gasteiger partial charge >= 0.3 is 0 Å². The molecular formula is C17H27NO. The van der Waals surface area contributed by atoms with Crippen molar-refractivity contribution < 1.29 is 4.74 Å². The van der Waals surface area contributed by atoms with Crippen LogP contribution < -0.4 is 10.1 Å².